The summed E-state index contributed by atoms with van der Waals surface area (Å²) in [6, 6.07) is 9.63. The van der Waals surface area contributed by atoms with E-state index in [2.05, 4.69) is 0 Å². The highest BCUT2D eigenvalue weighted by atomic mass is 35.5. The van der Waals surface area contributed by atoms with Crippen molar-refractivity contribution in [3.63, 3.8) is 0 Å². The summed E-state index contributed by atoms with van der Waals surface area (Å²) in [6.45, 7) is 2.13. The zero-order valence-electron chi connectivity index (χ0n) is 16.2. The predicted octanol–water partition coefficient (Wildman–Crippen LogP) is 4.68. The maximum Gasteiger partial charge on any atom is 0.335 e. The Morgan fingerprint density at radius 1 is 1.27 bits per heavy atom. The van der Waals surface area contributed by atoms with Crippen LogP contribution >= 0.6 is 23.4 Å². The van der Waals surface area contributed by atoms with Crippen LogP contribution in [0.4, 0.5) is 4.79 Å². The van der Waals surface area contributed by atoms with Gasteiger partial charge in [0.15, 0.2) is 11.5 Å². The summed E-state index contributed by atoms with van der Waals surface area (Å²) in [5.74, 6) is -0.734. The molecular weight excluding hydrogens is 430 g/mol. The molecule has 0 radical (unpaired) electrons. The highest BCUT2D eigenvalue weighted by Gasteiger charge is 2.33. The summed E-state index contributed by atoms with van der Waals surface area (Å²) < 4.78 is 11.1. The van der Waals surface area contributed by atoms with Crippen LogP contribution in [-0.4, -0.2) is 40.8 Å². The van der Waals surface area contributed by atoms with E-state index in [-0.39, 0.29) is 28.3 Å². The number of hydrogen-bond donors (Lipinski definition) is 1. The van der Waals surface area contributed by atoms with Gasteiger partial charge in [-0.2, -0.15) is 0 Å². The van der Waals surface area contributed by atoms with E-state index in [0.717, 1.165) is 16.7 Å². The lowest BCUT2D eigenvalue weighted by atomic mass is 10.1. The maximum absolute atomic E-state index is 12.3. The SMILES string of the molecule is CCN1C(=O)SC(=Cc2cc(Cl)c(OCc3cccc(C(=O)O)c3)c(OC)c2)C1=O. The third kappa shape index (κ3) is 4.60. The van der Waals surface area contributed by atoms with Gasteiger partial charge in [-0.1, -0.05) is 23.7 Å². The van der Waals surface area contributed by atoms with Gasteiger partial charge in [-0.25, -0.2) is 4.79 Å². The van der Waals surface area contributed by atoms with Gasteiger partial charge in [0.1, 0.15) is 6.61 Å². The van der Waals surface area contributed by atoms with Crippen LogP contribution in [-0.2, 0) is 11.4 Å². The second-order valence-corrected chi connectivity index (χ2v) is 7.65. The number of carbonyl (C=O) groups excluding carboxylic acids is 2. The Labute approximate surface area is 182 Å². The van der Waals surface area contributed by atoms with Crippen molar-refractivity contribution in [2.45, 2.75) is 13.5 Å². The molecule has 2 amide bonds. The van der Waals surface area contributed by atoms with Crippen molar-refractivity contribution in [3.8, 4) is 11.5 Å². The minimum absolute atomic E-state index is 0.0892. The van der Waals surface area contributed by atoms with Crippen molar-refractivity contribution in [1.29, 1.82) is 0 Å². The van der Waals surface area contributed by atoms with Gasteiger partial charge < -0.3 is 14.6 Å². The second kappa shape index (κ2) is 9.23. The van der Waals surface area contributed by atoms with Crippen LogP contribution in [0.2, 0.25) is 5.02 Å². The molecule has 1 fully saturated rings. The molecule has 1 aliphatic rings. The molecule has 1 aliphatic heterocycles. The number of benzene rings is 2. The molecule has 0 spiro atoms. The molecule has 1 heterocycles. The number of aromatic carboxylic acids is 1. The summed E-state index contributed by atoms with van der Waals surface area (Å²) in [6.07, 6.45) is 1.58. The lowest BCUT2D eigenvalue weighted by Crippen LogP contribution is -2.27. The van der Waals surface area contributed by atoms with Crippen molar-refractivity contribution >= 4 is 46.6 Å². The molecule has 0 saturated carbocycles. The first-order valence-electron chi connectivity index (χ1n) is 8.92. The van der Waals surface area contributed by atoms with Gasteiger partial charge in [0, 0.05) is 6.54 Å². The van der Waals surface area contributed by atoms with Crippen molar-refractivity contribution in [2.24, 2.45) is 0 Å². The fourth-order valence-corrected chi connectivity index (χ4v) is 4.01. The number of rotatable bonds is 7. The first kappa shape index (κ1) is 21.7. The molecule has 2 aromatic rings. The van der Waals surface area contributed by atoms with Crippen LogP contribution < -0.4 is 9.47 Å². The van der Waals surface area contributed by atoms with Gasteiger partial charge in [-0.3, -0.25) is 14.5 Å². The van der Waals surface area contributed by atoms with Crippen LogP contribution in [0.5, 0.6) is 11.5 Å². The minimum atomic E-state index is -1.02. The van der Waals surface area contributed by atoms with E-state index in [9.17, 15) is 14.4 Å². The van der Waals surface area contributed by atoms with E-state index in [0.29, 0.717) is 34.1 Å². The Bertz CT molecular complexity index is 1050. The van der Waals surface area contributed by atoms with Crippen LogP contribution in [0.15, 0.2) is 41.3 Å². The number of carboxylic acids is 1. The zero-order valence-corrected chi connectivity index (χ0v) is 17.7. The smallest absolute Gasteiger partial charge is 0.335 e. The van der Waals surface area contributed by atoms with E-state index in [1.807, 2.05) is 0 Å². The van der Waals surface area contributed by atoms with Crippen LogP contribution in [0.3, 0.4) is 0 Å². The first-order chi connectivity index (χ1) is 14.3. The number of ether oxygens (including phenoxy) is 2. The number of nitrogens with zero attached hydrogens (tertiary/aromatic N) is 1. The molecule has 0 bridgehead atoms. The van der Waals surface area contributed by atoms with Gasteiger partial charge >= 0.3 is 5.97 Å². The second-order valence-electron chi connectivity index (χ2n) is 6.25. The first-order valence-corrected chi connectivity index (χ1v) is 10.1. The Hall–Kier alpha value is -2.97. The number of methoxy groups -OCH3 is 1. The molecule has 7 nitrogen and oxygen atoms in total. The standard InChI is InChI=1S/C21H18ClNO6S/c1-3-23-19(24)17(30-21(23)27)10-13-8-15(22)18(16(9-13)28-2)29-11-12-5-4-6-14(7-12)20(25)26/h4-10H,3,11H2,1-2H3,(H,25,26). The van der Waals surface area contributed by atoms with E-state index in [4.69, 9.17) is 26.2 Å². The topological polar surface area (TPSA) is 93.1 Å². The van der Waals surface area contributed by atoms with Crippen molar-refractivity contribution in [2.75, 3.05) is 13.7 Å². The average molecular weight is 448 g/mol. The molecule has 1 N–H and O–H groups in total. The maximum atomic E-state index is 12.3. The van der Waals surface area contributed by atoms with E-state index < -0.39 is 5.97 Å². The summed E-state index contributed by atoms with van der Waals surface area (Å²) in [5, 5.41) is 9.04. The molecule has 2 aromatic carbocycles. The molecule has 9 heteroatoms. The number of halogens is 1. The fraction of sp³-hybridized carbons (Fsp3) is 0.190. The number of imide groups is 1. The predicted molar refractivity (Wildman–Crippen MR) is 114 cm³/mol. The quantitative estimate of drug-likeness (QED) is 0.616. The Balaban J connectivity index is 1.84. The number of amides is 2. The molecule has 0 atom stereocenters. The lowest BCUT2D eigenvalue weighted by Gasteiger charge is -2.14. The third-order valence-corrected chi connectivity index (χ3v) is 5.48. The Morgan fingerprint density at radius 3 is 2.67 bits per heavy atom. The van der Waals surface area contributed by atoms with Crippen molar-refractivity contribution in [1.82, 2.24) is 4.90 Å². The van der Waals surface area contributed by atoms with Gasteiger partial charge in [0.05, 0.1) is 22.6 Å². The third-order valence-electron chi connectivity index (χ3n) is 4.30. The molecule has 0 aromatic heterocycles. The highest BCUT2D eigenvalue weighted by Crippen LogP contribution is 2.39. The summed E-state index contributed by atoms with van der Waals surface area (Å²) in [4.78, 5) is 36.7. The fourth-order valence-electron chi connectivity index (χ4n) is 2.84. The molecule has 3 rings (SSSR count). The molecule has 1 saturated heterocycles. The normalized spacial score (nSPS) is 15.0. The number of likely N-dealkylation sites (N-methyl/N-ethyl adjacent to an activating group) is 1. The van der Waals surface area contributed by atoms with E-state index in [1.165, 1.54) is 19.2 Å². The molecule has 30 heavy (non-hydrogen) atoms. The molecule has 156 valence electrons. The van der Waals surface area contributed by atoms with Gasteiger partial charge in [0.2, 0.25) is 0 Å². The molecule has 0 aliphatic carbocycles. The number of carboxylic acid groups (broad SMARTS) is 1. The highest BCUT2D eigenvalue weighted by molar-refractivity contribution is 8.18. The summed E-state index contributed by atoms with van der Waals surface area (Å²) >= 11 is 7.24. The molecule has 0 unspecified atom stereocenters. The lowest BCUT2D eigenvalue weighted by molar-refractivity contribution is -0.122. The average Bonchev–Trinajstić information content (AvgIpc) is 2.99. The van der Waals surface area contributed by atoms with Gasteiger partial charge in [-0.15, -0.1) is 0 Å². The Kier molecular flexibility index (Phi) is 6.69. The summed E-state index contributed by atoms with van der Waals surface area (Å²) in [7, 11) is 1.46. The monoisotopic (exact) mass is 447 g/mol. The van der Waals surface area contributed by atoms with Crippen molar-refractivity contribution < 1.29 is 29.0 Å². The largest absolute Gasteiger partial charge is 0.493 e. The van der Waals surface area contributed by atoms with Gasteiger partial charge in [0.25, 0.3) is 11.1 Å². The molecular formula is C21H18ClNO6S. The van der Waals surface area contributed by atoms with E-state index in [1.54, 1.807) is 37.3 Å². The number of thioether (sulfide) groups is 1. The van der Waals surface area contributed by atoms with Crippen LogP contribution in [0, 0.1) is 0 Å². The van der Waals surface area contributed by atoms with Crippen molar-refractivity contribution in [3.05, 3.63) is 63.0 Å². The minimum Gasteiger partial charge on any atom is -0.493 e. The summed E-state index contributed by atoms with van der Waals surface area (Å²) in [5.41, 5.74) is 1.40. The van der Waals surface area contributed by atoms with Gasteiger partial charge in [-0.05, 0) is 60.2 Å². The van der Waals surface area contributed by atoms with Crippen LogP contribution in [0.25, 0.3) is 6.08 Å². The number of carbonyl (C=O) groups is 3. The van der Waals surface area contributed by atoms with E-state index >= 15 is 0 Å². The number of hydrogen-bond acceptors (Lipinski definition) is 6. The Morgan fingerprint density at radius 2 is 2.03 bits per heavy atom. The van der Waals surface area contributed by atoms with Crippen LogP contribution in [0.1, 0.15) is 28.4 Å². The zero-order chi connectivity index (χ0) is 21.8.